The fourth-order valence-electron chi connectivity index (χ4n) is 3.69. The molecule has 1 aromatic heterocycles. The maximum Gasteiger partial charge on any atom is 0.233 e. The van der Waals surface area contributed by atoms with E-state index in [0.29, 0.717) is 34.0 Å². The van der Waals surface area contributed by atoms with E-state index in [1.807, 2.05) is 0 Å². The lowest BCUT2D eigenvalue weighted by Gasteiger charge is -2.24. The van der Waals surface area contributed by atoms with Crippen molar-refractivity contribution in [2.24, 2.45) is 0 Å². The van der Waals surface area contributed by atoms with Crippen LogP contribution in [0.25, 0.3) is 10.2 Å². The van der Waals surface area contributed by atoms with E-state index < -0.39 is 19.7 Å². The summed E-state index contributed by atoms with van der Waals surface area (Å²) in [6.07, 6.45) is 1.21. The summed E-state index contributed by atoms with van der Waals surface area (Å²) in [7, 11) is -6.80. The number of fused-ring (bicyclic) bond motifs is 1. The van der Waals surface area contributed by atoms with E-state index in [9.17, 15) is 21.6 Å². The summed E-state index contributed by atoms with van der Waals surface area (Å²) >= 11 is 1.28. The van der Waals surface area contributed by atoms with Gasteiger partial charge in [0.05, 0.1) is 26.7 Å². The number of carbonyl (C=O) groups excluding carboxylic acids is 1. The van der Waals surface area contributed by atoms with Crippen LogP contribution in [0.3, 0.4) is 0 Å². The second-order valence-electron chi connectivity index (χ2n) is 8.17. The third kappa shape index (κ3) is 6.46. The number of benzene rings is 2. The van der Waals surface area contributed by atoms with E-state index in [2.05, 4.69) is 23.7 Å². The number of thiazole rings is 1. The monoisotopic (exact) mass is 537 g/mol. The van der Waals surface area contributed by atoms with Gasteiger partial charge in [-0.25, -0.2) is 21.8 Å². The Hall–Kier alpha value is -2.34. The lowest BCUT2D eigenvalue weighted by Crippen LogP contribution is -2.39. The molecule has 8 nitrogen and oxygen atoms in total. The number of rotatable bonds is 11. The summed E-state index contributed by atoms with van der Waals surface area (Å²) in [5, 5.41) is 0.443. The van der Waals surface area contributed by atoms with Gasteiger partial charge < -0.3 is 4.90 Å². The number of sulfone groups is 2. The minimum absolute atomic E-state index is 0.0114. The summed E-state index contributed by atoms with van der Waals surface area (Å²) < 4.78 is 49.4. The quantitative estimate of drug-likeness (QED) is 0.369. The Labute approximate surface area is 211 Å². The van der Waals surface area contributed by atoms with E-state index >= 15 is 0 Å². The molecule has 0 radical (unpaired) electrons. The van der Waals surface area contributed by atoms with Gasteiger partial charge in [-0.05, 0) is 42.9 Å². The van der Waals surface area contributed by atoms with Gasteiger partial charge in [0.1, 0.15) is 5.52 Å². The van der Waals surface area contributed by atoms with Gasteiger partial charge in [0.15, 0.2) is 24.8 Å². The first kappa shape index (κ1) is 27.3. The molecule has 0 spiro atoms. The van der Waals surface area contributed by atoms with Crippen molar-refractivity contribution in [2.45, 2.75) is 37.0 Å². The van der Waals surface area contributed by atoms with E-state index in [-0.39, 0.29) is 27.9 Å². The van der Waals surface area contributed by atoms with Crippen LogP contribution in [0.15, 0.2) is 52.3 Å². The van der Waals surface area contributed by atoms with Crippen molar-refractivity contribution < 1.29 is 21.6 Å². The van der Waals surface area contributed by atoms with E-state index in [0.717, 1.165) is 19.3 Å². The molecule has 2 aromatic carbocycles. The second-order valence-corrected chi connectivity index (χ2v) is 13.4. The minimum Gasteiger partial charge on any atom is -0.302 e. The van der Waals surface area contributed by atoms with Crippen molar-refractivity contribution >= 4 is 52.3 Å². The molecule has 11 heteroatoms. The summed E-state index contributed by atoms with van der Waals surface area (Å²) in [6.45, 7) is 8.41. The molecule has 1 heterocycles. The molecule has 0 atom stereocenters. The lowest BCUT2D eigenvalue weighted by atomic mass is 10.1. The normalized spacial score (nSPS) is 12.4. The summed E-state index contributed by atoms with van der Waals surface area (Å²) in [5.74, 6) is -0.180. The highest BCUT2D eigenvalue weighted by atomic mass is 32.2. The molecular weight excluding hydrogens is 506 g/mol. The average Bonchev–Trinajstić information content (AvgIpc) is 3.25. The third-order valence-electron chi connectivity index (χ3n) is 5.85. The zero-order chi connectivity index (χ0) is 25.8. The molecule has 0 saturated carbocycles. The Morgan fingerprint density at radius 2 is 1.60 bits per heavy atom. The first-order chi connectivity index (χ1) is 16.5. The van der Waals surface area contributed by atoms with Crippen LogP contribution in [0, 0.1) is 0 Å². The largest absolute Gasteiger partial charge is 0.302 e. The van der Waals surface area contributed by atoms with Crippen LogP contribution >= 0.6 is 11.3 Å². The first-order valence-corrected chi connectivity index (χ1v) is 15.8. The number of para-hydroxylation sites is 1. The molecule has 0 fully saturated rings. The number of nitrogens with zero attached hydrogens (tertiary/aromatic N) is 3. The van der Waals surface area contributed by atoms with Gasteiger partial charge in [0.25, 0.3) is 0 Å². The molecule has 35 heavy (non-hydrogen) atoms. The van der Waals surface area contributed by atoms with Crippen LogP contribution in [0.2, 0.25) is 0 Å². The number of amides is 1. The van der Waals surface area contributed by atoms with Crippen LogP contribution in [0.4, 0.5) is 5.13 Å². The molecule has 3 rings (SSSR count). The standard InChI is InChI=1S/C24H31N3O5S3/c1-5-26(6-2)15-16-27(22(28)17-18-11-13-19(14-12-18)35(31,32)7-3)24-25-23-20(33-24)9-8-10-21(23)34(4,29)30/h8-14H,5-7,15-17H2,1-4H3. The first-order valence-electron chi connectivity index (χ1n) is 11.4. The van der Waals surface area contributed by atoms with Crippen molar-refractivity contribution in [1.29, 1.82) is 0 Å². The highest BCUT2D eigenvalue weighted by molar-refractivity contribution is 7.91. The Balaban J connectivity index is 1.95. The Morgan fingerprint density at radius 3 is 2.17 bits per heavy atom. The van der Waals surface area contributed by atoms with Crippen molar-refractivity contribution in [3.8, 4) is 0 Å². The number of carbonyl (C=O) groups is 1. The van der Waals surface area contributed by atoms with Crippen molar-refractivity contribution in [3.63, 3.8) is 0 Å². The highest BCUT2D eigenvalue weighted by Crippen LogP contribution is 2.33. The van der Waals surface area contributed by atoms with Gasteiger partial charge >= 0.3 is 0 Å². The second kappa shape index (κ2) is 11.2. The minimum atomic E-state index is -3.48. The molecule has 0 aliphatic carbocycles. The summed E-state index contributed by atoms with van der Waals surface area (Å²) in [6, 6.07) is 11.4. The van der Waals surface area contributed by atoms with E-state index in [4.69, 9.17) is 0 Å². The van der Waals surface area contributed by atoms with Gasteiger partial charge in [-0.3, -0.25) is 9.69 Å². The Bertz CT molecular complexity index is 1390. The van der Waals surface area contributed by atoms with E-state index in [1.165, 1.54) is 29.5 Å². The van der Waals surface area contributed by atoms with Gasteiger partial charge in [0, 0.05) is 19.3 Å². The molecule has 0 unspecified atom stereocenters. The van der Waals surface area contributed by atoms with Crippen LogP contribution in [-0.2, 0) is 30.9 Å². The molecule has 3 aromatic rings. The molecule has 190 valence electrons. The Morgan fingerprint density at radius 1 is 0.943 bits per heavy atom. The van der Waals surface area contributed by atoms with Crippen LogP contribution in [-0.4, -0.2) is 70.8 Å². The number of hydrogen-bond acceptors (Lipinski definition) is 8. The van der Waals surface area contributed by atoms with Crippen molar-refractivity contribution in [3.05, 3.63) is 48.0 Å². The molecular formula is C24H31N3O5S3. The summed E-state index contributed by atoms with van der Waals surface area (Å²) in [4.78, 5) is 22.2. The third-order valence-corrected chi connectivity index (χ3v) is 9.78. The molecule has 0 aliphatic rings. The summed E-state index contributed by atoms with van der Waals surface area (Å²) in [5.41, 5.74) is 1.06. The van der Waals surface area contributed by atoms with Gasteiger partial charge in [0.2, 0.25) is 5.91 Å². The number of hydrogen-bond donors (Lipinski definition) is 0. The van der Waals surface area contributed by atoms with Gasteiger partial charge in [-0.15, -0.1) is 0 Å². The molecule has 1 amide bonds. The zero-order valence-electron chi connectivity index (χ0n) is 20.4. The fourth-order valence-corrected chi connectivity index (χ4v) is 6.50. The number of aromatic nitrogens is 1. The lowest BCUT2D eigenvalue weighted by molar-refractivity contribution is -0.118. The van der Waals surface area contributed by atoms with Crippen molar-refractivity contribution in [2.75, 3.05) is 43.1 Å². The Kier molecular flexibility index (Phi) is 8.68. The average molecular weight is 538 g/mol. The number of likely N-dealkylation sites (N-methyl/N-ethyl adjacent to an activating group) is 1. The molecule has 0 N–H and O–H groups in total. The zero-order valence-corrected chi connectivity index (χ0v) is 22.8. The molecule has 0 saturated heterocycles. The molecule has 0 aliphatic heterocycles. The van der Waals surface area contributed by atoms with Crippen LogP contribution in [0.1, 0.15) is 26.3 Å². The van der Waals surface area contributed by atoms with Crippen LogP contribution < -0.4 is 4.90 Å². The maximum absolute atomic E-state index is 13.4. The SMILES string of the molecule is CCN(CC)CCN(C(=O)Cc1ccc(S(=O)(=O)CC)cc1)c1nc2c(S(C)(=O)=O)cccc2s1. The smallest absolute Gasteiger partial charge is 0.233 e. The fraction of sp³-hybridized carbons (Fsp3) is 0.417. The van der Waals surface area contributed by atoms with E-state index in [1.54, 1.807) is 36.1 Å². The van der Waals surface area contributed by atoms with Gasteiger partial charge in [-0.1, -0.05) is 50.3 Å². The number of anilines is 1. The molecule has 0 bridgehead atoms. The highest BCUT2D eigenvalue weighted by Gasteiger charge is 2.23. The van der Waals surface area contributed by atoms with Gasteiger partial charge in [-0.2, -0.15) is 0 Å². The topological polar surface area (TPSA) is 105 Å². The van der Waals surface area contributed by atoms with Crippen molar-refractivity contribution in [1.82, 2.24) is 9.88 Å². The van der Waals surface area contributed by atoms with Crippen LogP contribution in [0.5, 0.6) is 0 Å². The predicted octanol–water partition coefficient (Wildman–Crippen LogP) is 3.41. The predicted molar refractivity (Wildman–Crippen MR) is 141 cm³/mol. The maximum atomic E-state index is 13.4.